The molecule has 6 aromatic rings. The summed E-state index contributed by atoms with van der Waals surface area (Å²) in [5.74, 6) is 0. The highest BCUT2D eigenvalue weighted by atomic mass is 16.6. The highest BCUT2D eigenvalue weighted by Crippen LogP contribution is 2.30. The molecule has 0 radical (unpaired) electrons. The molecule has 2 aliphatic heterocycles. The van der Waals surface area contributed by atoms with Crippen molar-refractivity contribution in [1.82, 2.24) is 18.3 Å². The average Bonchev–Trinajstić information content (AvgIpc) is 4.16. The van der Waals surface area contributed by atoms with Gasteiger partial charge in [0.15, 0.2) is 0 Å². The molecule has 2 fully saturated rings. The van der Waals surface area contributed by atoms with E-state index in [2.05, 4.69) is 13.2 Å². The highest BCUT2D eigenvalue weighted by Gasteiger charge is 2.25. The Morgan fingerprint density at radius 2 is 0.821 bits per heavy atom. The fourth-order valence-electron chi connectivity index (χ4n) is 6.54. The van der Waals surface area contributed by atoms with Gasteiger partial charge in [-0.1, -0.05) is 122 Å². The second-order valence-electron chi connectivity index (χ2n) is 14.2. The number of ether oxygens (including phenoxy) is 2. The van der Waals surface area contributed by atoms with Gasteiger partial charge in [0.25, 0.3) is 11.1 Å². The van der Waals surface area contributed by atoms with Gasteiger partial charge in [-0.25, -0.2) is 9.59 Å². The van der Waals surface area contributed by atoms with Crippen molar-refractivity contribution in [2.75, 3.05) is 13.2 Å². The van der Waals surface area contributed by atoms with Crippen molar-refractivity contribution in [3.63, 3.8) is 0 Å². The first-order valence-electron chi connectivity index (χ1n) is 18.6. The second-order valence-corrected chi connectivity index (χ2v) is 14.2. The fourth-order valence-corrected chi connectivity index (χ4v) is 6.54. The van der Waals surface area contributed by atoms with Crippen LogP contribution < -0.4 is 22.5 Å². The molecule has 10 nitrogen and oxygen atoms in total. The zero-order valence-corrected chi connectivity index (χ0v) is 31.6. The summed E-state index contributed by atoms with van der Waals surface area (Å²) in [5.41, 5.74) is 8.08. The van der Waals surface area contributed by atoms with E-state index in [-0.39, 0.29) is 47.8 Å². The molecule has 0 saturated carbocycles. The maximum atomic E-state index is 13.0. The minimum Gasteiger partial charge on any atom is -0.368 e. The Bertz CT molecular complexity index is 2610. The lowest BCUT2D eigenvalue weighted by Crippen LogP contribution is -2.41. The zero-order chi connectivity index (χ0) is 39.3. The number of nitrogens with zero attached hydrogens (tertiary/aromatic N) is 4. The van der Waals surface area contributed by atoms with Crippen LogP contribution in [0.5, 0.6) is 0 Å². The van der Waals surface area contributed by atoms with E-state index < -0.39 is 0 Å². The zero-order valence-electron chi connectivity index (χ0n) is 31.6. The molecule has 284 valence electrons. The summed E-state index contributed by atoms with van der Waals surface area (Å²) in [5, 5.41) is 0. The monoisotopic (exact) mass is 748 g/mol. The van der Waals surface area contributed by atoms with Gasteiger partial charge in [0, 0.05) is 23.5 Å². The molecule has 2 aromatic heterocycles. The molecule has 0 aliphatic carbocycles. The van der Waals surface area contributed by atoms with Crippen LogP contribution in [0.2, 0.25) is 0 Å². The topological polar surface area (TPSA) is 113 Å². The van der Waals surface area contributed by atoms with Crippen LogP contribution in [-0.2, 0) is 35.7 Å². The lowest BCUT2D eigenvalue weighted by molar-refractivity contribution is 0.415. The molecule has 0 amide bonds. The summed E-state index contributed by atoms with van der Waals surface area (Å²) >= 11 is 0. The van der Waals surface area contributed by atoms with Crippen LogP contribution >= 0.6 is 0 Å². The van der Waals surface area contributed by atoms with Gasteiger partial charge in [0.05, 0.1) is 39.4 Å². The number of rotatable bonds is 12. The first-order chi connectivity index (χ1) is 27.1. The molecule has 10 heteroatoms. The summed E-state index contributed by atoms with van der Waals surface area (Å²) in [6, 6.07) is 31.5. The van der Waals surface area contributed by atoms with Crippen molar-refractivity contribution in [2.24, 2.45) is 0 Å². The van der Waals surface area contributed by atoms with Gasteiger partial charge in [-0.2, -0.15) is 0 Å². The SMILES string of the molecule is C=Cc1ccc(Cn2cc(C)c(=O)n(Cc3ccc(C=C)cc3)c2=O)cc1.Cc1cn(Cc2ccc(C3CO3)cc2)c(=O)n(Cc2ccc(C3CO3)cc2)c1=O. The van der Waals surface area contributed by atoms with E-state index in [0.29, 0.717) is 24.2 Å². The molecular formula is C46H44N4O6. The Kier molecular flexibility index (Phi) is 11.2. The van der Waals surface area contributed by atoms with E-state index in [9.17, 15) is 19.2 Å². The molecule has 0 N–H and O–H groups in total. The Labute approximate surface area is 324 Å². The number of hydrogen-bond acceptors (Lipinski definition) is 6. The predicted octanol–water partition coefficient (Wildman–Crippen LogP) is 6.26. The van der Waals surface area contributed by atoms with Crippen LogP contribution in [0, 0.1) is 13.8 Å². The van der Waals surface area contributed by atoms with Crippen molar-refractivity contribution >= 4 is 12.2 Å². The molecular weight excluding hydrogens is 705 g/mol. The lowest BCUT2D eigenvalue weighted by Gasteiger charge is -2.12. The van der Waals surface area contributed by atoms with E-state index in [1.807, 2.05) is 97.1 Å². The molecule has 0 spiro atoms. The number of hydrogen-bond donors (Lipinski definition) is 0. The van der Waals surface area contributed by atoms with E-state index >= 15 is 0 Å². The third kappa shape index (κ3) is 8.94. The van der Waals surface area contributed by atoms with Gasteiger partial charge in [0.1, 0.15) is 12.2 Å². The molecule has 56 heavy (non-hydrogen) atoms. The molecule has 8 rings (SSSR count). The Hall–Kier alpha value is -6.36. The Morgan fingerprint density at radius 1 is 0.518 bits per heavy atom. The predicted molar refractivity (Wildman–Crippen MR) is 219 cm³/mol. The van der Waals surface area contributed by atoms with Crippen molar-refractivity contribution in [2.45, 2.75) is 52.2 Å². The van der Waals surface area contributed by atoms with Gasteiger partial charge in [-0.3, -0.25) is 27.9 Å². The van der Waals surface area contributed by atoms with Crippen LogP contribution in [0.1, 0.15) is 67.8 Å². The fraction of sp³-hybridized carbons (Fsp3) is 0.217. The van der Waals surface area contributed by atoms with Gasteiger partial charge >= 0.3 is 11.4 Å². The number of aromatic nitrogens is 4. The standard InChI is InChI=1S/C23H22N2O4.C23H22N2O2/c1-15-10-24(11-16-2-6-18(7-3-16)20-13-28-20)23(27)25(22(15)26)12-17-4-8-19(9-5-17)21-14-29-21;1-4-18-6-10-20(11-7-18)15-24-14-17(3)22(26)25(23(24)27)16-21-12-8-19(5-2)9-13-21/h2-10,20-21H,11-14H2,1H3;4-14H,1-2,15-16H2,3H3. The number of benzene rings is 4. The normalized spacial score (nSPS) is 15.4. The number of epoxide rings is 2. The van der Waals surface area contributed by atoms with E-state index in [4.69, 9.17) is 9.47 Å². The molecule has 2 saturated heterocycles. The molecule has 4 heterocycles. The Morgan fingerprint density at radius 3 is 1.12 bits per heavy atom. The first-order valence-corrected chi connectivity index (χ1v) is 18.6. The lowest BCUT2D eigenvalue weighted by atomic mass is 10.1. The van der Waals surface area contributed by atoms with Crippen molar-refractivity contribution in [3.8, 4) is 0 Å². The van der Waals surface area contributed by atoms with E-state index in [1.165, 1.54) is 9.13 Å². The molecule has 2 aliphatic rings. The largest absolute Gasteiger partial charge is 0.368 e. The van der Waals surface area contributed by atoms with E-state index in [0.717, 1.165) is 57.7 Å². The maximum absolute atomic E-state index is 13.0. The Balaban J connectivity index is 0.000000172. The van der Waals surface area contributed by atoms with Crippen molar-refractivity contribution < 1.29 is 9.47 Å². The van der Waals surface area contributed by atoms with Gasteiger partial charge < -0.3 is 9.47 Å². The maximum Gasteiger partial charge on any atom is 0.331 e. The van der Waals surface area contributed by atoms with Gasteiger partial charge in [-0.15, -0.1) is 0 Å². The van der Waals surface area contributed by atoms with Crippen LogP contribution in [0.15, 0.2) is 142 Å². The third-order valence-electron chi connectivity index (χ3n) is 10.0. The highest BCUT2D eigenvalue weighted by molar-refractivity contribution is 5.48. The second kappa shape index (κ2) is 16.6. The van der Waals surface area contributed by atoms with Crippen molar-refractivity contribution in [3.05, 3.63) is 220 Å². The van der Waals surface area contributed by atoms with Gasteiger partial charge in [-0.05, 0) is 58.4 Å². The van der Waals surface area contributed by atoms with Gasteiger partial charge in [0.2, 0.25) is 0 Å². The van der Waals surface area contributed by atoms with Crippen LogP contribution in [0.4, 0.5) is 0 Å². The summed E-state index contributed by atoms with van der Waals surface area (Å²) in [6.07, 6.45) is 7.22. The van der Waals surface area contributed by atoms with Crippen LogP contribution in [0.25, 0.3) is 12.2 Å². The summed E-state index contributed by atoms with van der Waals surface area (Å²) in [6.45, 7) is 13.8. The minimum absolute atomic E-state index is 0.195. The third-order valence-corrected chi connectivity index (χ3v) is 10.0. The molecule has 2 unspecified atom stereocenters. The first kappa shape index (κ1) is 37.9. The molecule has 2 atom stereocenters. The minimum atomic E-state index is -0.314. The molecule has 0 bridgehead atoms. The summed E-state index contributed by atoms with van der Waals surface area (Å²) < 4.78 is 16.4. The van der Waals surface area contributed by atoms with Crippen molar-refractivity contribution in [1.29, 1.82) is 0 Å². The molecule has 4 aromatic carbocycles. The van der Waals surface area contributed by atoms with Crippen LogP contribution in [-0.4, -0.2) is 31.5 Å². The summed E-state index contributed by atoms with van der Waals surface area (Å²) in [4.78, 5) is 51.1. The van der Waals surface area contributed by atoms with Crippen LogP contribution in [0.3, 0.4) is 0 Å². The smallest absolute Gasteiger partial charge is 0.331 e. The number of aryl methyl sites for hydroxylation is 2. The quantitative estimate of drug-likeness (QED) is 0.137. The average molecular weight is 749 g/mol. The van der Waals surface area contributed by atoms with E-state index in [1.54, 1.807) is 47.5 Å². The summed E-state index contributed by atoms with van der Waals surface area (Å²) in [7, 11) is 0.